The van der Waals surface area contributed by atoms with Crippen LogP contribution in [0.1, 0.15) is 26.0 Å². The van der Waals surface area contributed by atoms with Crippen LogP contribution < -0.4 is 5.73 Å². The van der Waals surface area contributed by atoms with Crippen LogP contribution in [0.5, 0.6) is 0 Å². The van der Waals surface area contributed by atoms with Crippen molar-refractivity contribution >= 4 is 12.4 Å². The Hall–Kier alpha value is -1.36. The Kier molecular flexibility index (Phi) is 5.27. The number of nitrogens with zero attached hydrogens (tertiary/aromatic N) is 2. The molecular weight excluding hydrogens is 296 g/mol. The average Bonchev–Trinajstić information content (AvgIpc) is 2.92. The van der Waals surface area contributed by atoms with Crippen LogP contribution >= 0.6 is 12.4 Å². The number of nitrogens with two attached hydrogens (primary N) is 1. The highest BCUT2D eigenvalue weighted by molar-refractivity contribution is 5.85. The number of hydrogen-bond acceptors (Lipinski definition) is 3. The summed E-state index contributed by atoms with van der Waals surface area (Å²) < 4.78 is 0. The Morgan fingerprint density at radius 2 is 2.05 bits per heavy atom. The van der Waals surface area contributed by atoms with Crippen molar-refractivity contribution < 1.29 is 0 Å². The van der Waals surface area contributed by atoms with Gasteiger partial charge in [0.15, 0.2) is 0 Å². The maximum absolute atomic E-state index is 6.20. The van der Waals surface area contributed by atoms with Crippen molar-refractivity contribution in [2.75, 3.05) is 13.1 Å². The number of nitrogens with one attached hydrogen (secondary N) is 1. The predicted octanol–water partition coefficient (Wildman–Crippen LogP) is 3.06. The van der Waals surface area contributed by atoms with Gasteiger partial charge in [-0.1, -0.05) is 44.2 Å². The van der Waals surface area contributed by atoms with Crippen molar-refractivity contribution in [1.82, 2.24) is 15.1 Å². The molecule has 1 aromatic carbocycles. The van der Waals surface area contributed by atoms with E-state index in [0.29, 0.717) is 6.04 Å². The molecule has 0 bridgehead atoms. The number of rotatable bonds is 3. The largest absolute Gasteiger partial charge is 0.327 e. The predicted molar refractivity (Wildman–Crippen MR) is 92.9 cm³/mol. The molecule has 1 aliphatic heterocycles. The van der Waals surface area contributed by atoms with E-state index in [-0.39, 0.29) is 17.8 Å². The maximum Gasteiger partial charge on any atom is 0.0924 e. The van der Waals surface area contributed by atoms with Crippen LogP contribution in [0.15, 0.2) is 36.4 Å². The molecule has 2 aromatic rings. The minimum Gasteiger partial charge on any atom is -0.327 e. The lowest BCUT2D eigenvalue weighted by Gasteiger charge is -2.42. The molecule has 0 spiro atoms. The van der Waals surface area contributed by atoms with Crippen LogP contribution in [-0.4, -0.2) is 34.2 Å². The van der Waals surface area contributed by atoms with E-state index in [4.69, 9.17) is 5.73 Å². The number of likely N-dealkylation sites (tertiary alicyclic amines) is 1. The third-order valence-electron chi connectivity index (χ3n) is 4.49. The zero-order chi connectivity index (χ0) is 14.9. The maximum atomic E-state index is 6.20. The molecule has 0 amide bonds. The summed E-state index contributed by atoms with van der Waals surface area (Å²) in [7, 11) is 0. The molecule has 1 fully saturated rings. The van der Waals surface area contributed by atoms with E-state index < -0.39 is 0 Å². The van der Waals surface area contributed by atoms with Gasteiger partial charge in [0.2, 0.25) is 0 Å². The Balaban J connectivity index is 0.00000176. The summed E-state index contributed by atoms with van der Waals surface area (Å²) in [6.07, 6.45) is 1.06. The summed E-state index contributed by atoms with van der Waals surface area (Å²) in [5.41, 5.74) is 9.72. The first kappa shape index (κ1) is 17.0. The number of halogens is 1. The fraction of sp³-hybridized carbons (Fsp3) is 0.471. The molecule has 120 valence electrons. The smallest absolute Gasteiger partial charge is 0.0924 e. The summed E-state index contributed by atoms with van der Waals surface area (Å²) in [6.45, 7) is 7.52. The second-order valence-electron chi connectivity index (χ2n) is 6.74. The van der Waals surface area contributed by atoms with Crippen molar-refractivity contribution in [2.24, 2.45) is 11.1 Å². The summed E-state index contributed by atoms with van der Waals surface area (Å²) in [6, 6.07) is 12.7. The van der Waals surface area contributed by atoms with E-state index in [1.807, 2.05) is 18.2 Å². The second kappa shape index (κ2) is 6.82. The third kappa shape index (κ3) is 3.69. The van der Waals surface area contributed by atoms with Gasteiger partial charge < -0.3 is 5.73 Å². The number of benzene rings is 1. The molecule has 4 nitrogen and oxygen atoms in total. The second-order valence-corrected chi connectivity index (χ2v) is 6.74. The quantitative estimate of drug-likeness (QED) is 0.913. The first-order valence-corrected chi connectivity index (χ1v) is 7.62. The lowest BCUT2D eigenvalue weighted by molar-refractivity contribution is 0.0889. The van der Waals surface area contributed by atoms with Gasteiger partial charge in [0, 0.05) is 36.9 Å². The highest BCUT2D eigenvalue weighted by Gasteiger charge is 2.33. The number of aromatic nitrogens is 2. The van der Waals surface area contributed by atoms with E-state index >= 15 is 0 Å². The lowest BCUT2D eigenvalue weighted by atomic mass is 9.80. The SMILES string of the molecule is CC1(C)CN(Cc2cc(-c3ccccc3)n[nH]2)CCC1N.Cl. The first-order valence-electron chi connectivity index (χ1n) is 7.62. The topological polar surface area (TPSA) is 57.9 Å². The minimum atomic E-state index is 0. The monoisotopic (exact) mass is 320 g/mol. The first-order chi connectivity index (χ1) is 10.0. The molecule has 3 rings (SSSR count). The van der Waals surface area contributed by atoms with Gasteiger partial charge in [-0.15, -0.1) is 12.4 Å². The molecule has 2 heterocycles. The third-order valence-corrected chi connectivity index (χ3v) is 4.49. The minimum absolute atomic E-state index is 0. The number of aromatic amines is 1. The standard InChI is InChI=1S/C17H24N4.ClH/c1-17(2)12-21(9-8-16(17)18)11-14-10-15(20-19-14)13-6-4-3-5-7-13;/h3-7,10,16H,8-9,11-12,18H2,1-2H3,(H,19,20);1H. The van der Waals surface area contributed by atoms with Crippen molar-refractivity contribution in [2.45, 2.75) is 32.9 Å². The molecule has 1 saturated heterocycles. The van der Waals surface area contributed by atoms with E-state index in [9.17, 15) is 0 Å². The molecule has 22 heavy (non-hydrogen) atoms. The molecule has 1 aliphatic rings. The van der Waals surface area contributed by atoms with Crippen LogP contribution in [0.25, 0.3) is 11.3 Å². The number of hydrogen-bond donors (Lipinski definition) is 2. The molecule has 0 radical (unpaired) electrons. The summed E-state index contributed by atoms with van der Waals surface area (Å²) in [5.74, 6) is 0. The molecular formula is C17H25ClN4. The van der Waals surface area contributed by atoms with Crippen molar-refractivity contribution in [3.63, 3.8) is 0 Å². The van der Waals surface area contributed by atoms with Crippen molar-refractivity contribution in [3.05, 3.63) is 42.1 Å². The van der Waals surface area contributed by atoms with Gasteiger partial charge >= 0.3 is 0 Å². The van der Waals surface area contributed by atoms with Crippen LogP contribution in [0.4, 0.5) is 0 Å². The van der Waals surface area contributed by atoms with E-state index in [1.54, 1.807) is 0 Å². The molecule has 1 atom stereocenters. The molecule has 3 N–H and O–H groups in total. The Labute approximate surface area is 138 Å². The van der Waals surface area contributed by atoms with E-state index in [0.717, 1.165) is 37.3 Å². The van der Waals surface area contributed by atoms with Gasteiger partial charge in [0.1, 0.15) is 0 Å². The normalized spacial score (nSPS) is 21.3. The van der Waals surface area contributed by atoms with Crippen LogP contribution in [-0.2, 0) is 6.54 Å². The highest BCUT2D eigenvalue weighted by atomic mass is 35.5. The van der Waals surface area contributed by atoms with Gasteiger partial charge in [0.05, 0.1) is 5.69 Å². The Morgan fingerprint density at radius 1 is 1.32 bits per heavy atom. The average molecular weight is 321 g/mol. The molecule has 0 saturated carbocycles. The summed E-state index contributed by atoms with van der Waals surface area (Å²) in [5, 5.41) is 7.59. The van der Waals surface area contributed by atoms with Gasteiger partial charge in [0.25, 0.3) is 0 Å². The van der Waals surface area contributed by atoms with Crippen molar-refractivity contribution in [3.8, 4) is 11.3 Å². The van der Waals surface area contributed by atoms with Gasteiger partial charge in [-0.25, -0.2) is 0 Å². The highest BCUT2D eigenvalue weighted by Crippen LogP contribution is 2.28. The fourth-order valence-electron chi connectivity index (χ4n) is 3.06. The van der Waals surface area contributed by atoms with Gasteiger partial charge in [-0.2, -0.15) is 5.10 Å². The van der Waals surface area contributed by atoms with E-state index in [2.05, 4.69) is 47.1 Å². The Morgan fingerprint density at radius 3 is 2.73 bits per heavy atom. The molecule has 1 aromatic heterocycles. The number of H-pyrrole nitrogens is 1. The zero-order valence-corrected chi connectivity index (χ0v) is 14.1. The Bertz CT molecular complexity index is 594. The van der Waals surface area contributed by atoms with Crippen LogP contribution in [0, 0.1) is 5.41 Å². The van der Waals surface area contributed by atoms with Gasteiger partial charge in [-0.05, 0) is 17.9 Å². The van der Waals surface area contributed by atoms with Crippen LogP contribution in [0.2, 0.25) is 0 Å². The summed E-state index contributed by atoms with van der Waals surface area (Å²) >= 11 is 0. The molecule has 5 heteroatoms. The molecule has 1 unspecified atom stereocenters. The van der Waals surface area contributed by atoms with Gasteiger partial charge in [-0.3, -0.25) is 10.00 Å². The zero-order valence-electron chi connectivity index (χ0n) is 13.2. The fourth-order valence-corrected chi connectivity index (χ4v) is 3.06. The summed E-state index contributed by atoms with van der Waals surface area (Å²) in [4.78, 5) is 2.46. The number of piperidine rings is 1. The molecule has 0 aliphatic carbocycles. The lowest BCUT2D eigenvalue weighted by Crippen LogP contribution is -2.52. The van der Waals surface area contributed by atoms with E-state index in [1.165, 1.54) is 5.69 Å². The van der Waals surface area contributed by atoms with Crippen LogP contribution in [0.3, 0.4) is 0 Å². The van der Waals surface area contributed by atoms with Crippen molar-refractivity contribution in [1.29, 1.82) is 0 Å².